The van der Waals surface area contributed by atoms with Crippen molar-refractivity contribution in [1.29, 1.82) is 0 Å². The summed E-state index contributed by atoms with van der Waals surface area (Å²) in [5, 5.41) is 47.8. The Hall–Kier alpha value is -4.92. The van der Waals surface area contributed by atoms with Gasteiger partial charge in [0.15, 0.2) is 5.96 Å². The standard InChI is InChI=1S/C37H64N12O12S2/c1-6-18(4)27-33(57)42-13-25(52)49-12-8-10-24(49)32(56)44-22(14-50)31(55)46-26(17(2)3)34(58)45-23(36(60)61)16-63-62-15-20(38)29(53)43-21(9-7-11-41-37(39)40)30(54)48-28(19(5)51)35(59)47-27/h17-24,26-28,50-51H,6-16,38H2,1-5H3,(H,42,57)(H,43,53)(H,44,56)(H,45,58)(H,46,55)(H,47,59)(H,48,54)(H,60,61)(H4,39,40,41)/t18-,19+,20-,21-,22-,23-,24-,26?,27?,28-/m0/s1. The molecule has 0 aliphatic carbocycles. The average Bonchev–Trinajstić information content (AvgIpc) is 3.73. The molecule has 10 atom stereocenters. The number of nitrogens with zero attached hydrogens (tertiary/aromatic N) is 2. The molecular weight excluding hydrogens is 869 g/mol. The lowest BCUT2D eigenvalue weighted by molar-refractivity contribution is -0.142. The Morgan fingerprint density at radius 3 is 1.97 bits per heavy atom. The van der Waals surface area contributed by atoms with Crippen molar-refractivity contribution < 1.29 is 58.5 Å². The van der Waals surface area contributed by atoms with Crippen molar-refractivity contribution >= 4 is 80.8 Å². The summed E-state index contributed by atoms with van der Waals surface area (Å²) in [4.78, 5) is 125. The zero-order chi connectivity index (χ0) is 47.6. The molecule has 2 rings (SSSR count). The number of rotatable bonds is 10. The molecule has 0 saturated carbocycles. The molecular formula is C37H64N12O12S2. The maximum absolute atomic E-state index is 13.7. The molecule has 2 heterocycles. The SMILES string of the molecule is CC[C@H](C)C1NC(=O)[C@H]([C@@H](C)O)NC(=O)[C@H](CCCN=C(N)N)NC(=O)[C@@H](N)CSSC[C@@H](C(=O)O)NC(=O)C(C(C)C)NC(=O)[C@H](CO)NC(=O)[C@@H]2CCCN2C(=O)CNC1=O. The Bertz CT molecular complexity index is 1670. The number of guanidine groups is 1. The second-order valence-electron chi connectivity index (χ2n) is 15.6. The third kappa shape index (κ3) is 17.3. The number of hydrogen-bond acceptors (Lipinski definition) is 15. The molecule has 356 valence electrons. The number of fused-ring (bicyclic) bond motifs is 1. The van der Waals surface area contributed by atoms with Crippen LogP contribution in [0.3, 0.4) is 0 Å². The fourth-order valence-corrected chi connectivity index (χ4v) is 8.65. The third-order valence-electron chi connectivity index (χ3n) is 10.3. The van der Waals surface area contributed by atoms with Crippen molar-refractivity contribution in [3.8, 4) is 0 Å². The monoisotopic (exact) mass is 932 g/mol. The van der Waals surface area contributed by atoms with Gasteiger partial charge in [0.05, 0.1) is 25.3 Å². The van der Waals surface area contributed by atoms with Crippen LogP contribution in [0.4, 0.5) is 0 Å². The number of aliphatic hydroxyl groups is 2. The van der Waals surface area contributed by atoms with Crippen LogP contribution in [-0.4, -0.2) is 172 Å². The maximum Gasteiger partial charge on any atom is 0.327 e. The second-order valence-corrected chi connectivity index (χ2v) is 18.2. The lowest BCUT2D eigenvalue weighted by Gasteiger charge is -2.29. The predicted molar refractivity (Wildman–Crippen MR) is 233 cm³/mol. The van der Waals surface area contributed by atoms with Gasteiger partial charge < -0.3 is 74.6 Å². The topological polar surface area (TPSA) is 392 Å². The van der Waals surface area contributed by atoms with E-state index in [4.69, 9.17) is 17.2 Å². The second kappa shape index (κ2) is 26.6. The number of carboxylic acid groups (broad SMARTS) is 1. The first-order chi connectivity index (χ1) is 29.6. The summed E-state index contributed by atoms with van der Waals surface area (Å²) >= 11 is 0. The van der Waals surface area contributed by atoms with Gasteiger partial charge in [0.25, 0.3) is 0 Å². The third-order valence-corrected chi connectivity index (χ3v) is 12.8. The molecule has 0 radical (unpaired) electrons. The Morgan fingerprint density at radius 1 is 0.794 bits per heavy atom. The predicted octanol–water partition coefficient (Wildman–Crippen LogP) is -5.06. The van der Waals surface area contributed by atoms with Gasteiger partial charge in [0, 0.05) is 24.6 Å². The minimum atomic E-state index is -1.64. The minimum Gasteiger partial charge on any atom is -0.480 e. The van der Waals surface area contributed by atoms with E-state index in [2.05, 4.69) is 42.2 Å². The summed E-state index contributed by atoms with van der Waals surface area (Å²) in [6.45, 7) is 6.48. The van der Waals surface area contributed by atoms with Crippen LogP contribution in [0.15, 0.2) is 4.99 Å². The van der Waals surface area contributed by atoms with Gasteiger partial charge >= 0.3 is 5.97 Å². The molecule has 24 nitrogen and oxygen atoms in total. The van der Waals surface area contributed by atoms with E-state index in [0.29, 0.717) is 12.8 Å². The zero-order valence-corrected chi connectivity index (χ0v) is 37.7. The van der Waals surface area contributed by atoms with Crippen molar-refractivity contribution in [2.75, 3.05) is 37.7 Å². The highest BCUT2D eigenvalue weighted by atomic mass is 33.1. The summed E-state index contributed by atoms with van der Waals surface area (Å²) < 4.78 is 0. The fourth-order valence-electron chi connectivity index (χ4n) is 6.37. The minimum absolute atomic E-state index is 0.0545. The smallest absolute Gasteiger partial charge is 0.327 e. The molecule has 0 aromatic rings. The number of aliphatic imine (C=N–C) groups is 1. The van der Waals surface area contributed by atoms with Crippen molar-refractivity contribution in [2.45, 2.75) is 121 Å². The molecule has 2 saturated heterocycles. The van der Waals surface area contributed by atoms with Crippen molar-refractivity contribution in [2.24, 2.45) is 34.0 Å². The Kier molecular flexibility index (Phi) is 22.9. The molecule has 2 fully saturated rings. The molecule has 63 heavy (non-hydrogen) atoms. The zero-order valence-electron chi connectivity index (χ0n) is 36.1. The van der Waals surface area contributed by atoms with Crippen LogP contribution < -0.4 is 54.4 Å². The van der Waals surface area contributed by atoms with E-state index in [1.807, 2.05) is 0 Å². The molecule has 0 spiro atoms. The molecule has 2 unspecified atom stereocenters. The normalized spacial score (nSPS) is 28.2. The van der Waals surface area contributed by atoms with Crippen molar-refractivity contribution in [3.05, 3.63) is 0 Å². The van der Waals surface area contributed by atoms with Gasteiger partial charge in [-0.1, -0.05) is 55.7 Å². The number of nitrogens with one attached hydrogen (secondary N) is 7. The van der Waals surface area contributed by atoms with Crippen LogP contribution in [0.25, 0.3) is 0 Å². The summed E-state index contributed by atoms with van der Waals surface area (Å²) in [6.07, 6.45) is -0.460. The number of hydrogen-bond donors (Lipinski definition) is 13. The lowest BCUT2D eigenvalue weighted by Crippen LogP contribution is -2.61. The molecule has 16 N–H and O–H groups in total. The van der Waals surface area contributed by atoms with E-state index in [-0.39, 0.29) is 49.8 Å². The molecule has 8 amide bonds. The maximum atomic E-state index is 13.7. The first-order valence-electron chi connectivity index (χ1n) is 20.6. The van der Waals surface area contributed by atoms with Crippen LogP contribution in [0.2, 0.25) is 0 Å². The number of carboxylic acids is 1. The van der Waals surface area contributed by atoms with E-state index in [1.165, 1.54) is 11.8 Å². The van der Waals surface area contributed by atoms with Crippen LogP contribution in [0.1, 0.15) is 66.7 Å². The largest absolute Gasteiger partial charge is 0.480 e. The van der Waals surface area contributed by atoms with Crippen LogP contribution >= 0.6 is 21.6 Å². The quantitative estimate of drug-likeness (QED) is 0.0422. The molecule has 26 heteroatoms. The van der Waals surface area contributed by atoms with Gasteiger partial charge in [-0.3, -0.25) is 43.3 Å². The molecule has 0 aromatic heterocycles. The van der Waals surface area contributed by atoms with Gasteiger partial charge in [-0.15, -0.1) is 0 Å². The lowest BCUT2D eigenvalue weighted by atomic mass is 9.97. The van der Waals surface area contributed by atoms with Gasteiger partial charge in [-0.2, -0.15) is 0 Å². The number of nitrogens with two attached hydrogens (primary N) is 3. The number of aliphatic carboxylic acids is 1. The van der Waals surface area contributed by atoms with Crippen LogP contribution in [-0.2, 0) is 43.2 Å². The van der Waals surface area contributed by atoms with Crippen LogP contribution in [0.5, 0.6) is 0 Å². The van der Waals surface area contributed by atoms with Gasteiger partial charge in [0.1, 0.15) is 42.3 Å². The van der Waals surface area contributed by atoms with E-state index in [9.17, 15) is 58.5 Å². The van der Waals surface area contributed by atoms with Gasteiger partial charge in [0.2, 0.25) is 47.3 Å². The number of carbonyl (C=O) groups is 9. The highest BCUT2D eigenvalue weighted by Gasteiger charge is 2.39. The number of aliphatic hydroxyl groups excluding tert-OH is 2. The number of carbonyl (C=O) groups excluding carboxylic acids is 8. The summed E-state index contributed by atoms with van der Waals surface area (Å²) in [5.74, 6) is -9.79. The van der Waals surface area contributed by atoms with Gasteiger partial charge in [-0.05, 0) is 44.4 Å². The Morgan fingerprint density at radius 2 is 1.38 bits per heavy atom. The van der Waals surface area contributed by atoms with E-state index in [1.54, 1.807) is 27.7 Å². The Balaban J connectivity index is 2.50. The van der Waals surface area contributed by atoms with E-state index < -0.39 is 133 Å². The first kappa shape index (κ1) is 54.2. The van der Waals surface area contributed by atoms with E-state index >= 15 is 0 Å². The first-order valence-corrected chi connectivity index (χ1v) is 23.1. The molecule has 0 bridgehead atoms. The van der Waals surface area contributed by atoms with E-state index in [0.717, 1.165) is 21.6 Å². The van der Waals surface area contributed by atoms with Gasteiger partial charge in [-0.25, -0.2) is 4.79 Å². The molecule has 2 aliphatic heterocycles. The van der Waals surface area contributed by atoms with Crippen molar-refractivity contribution in [3.63, 3.8) is 0 Å². The average molecular weight is 933 g/mol. The van der Waals surface area contributed by atoms with Crippen LogP contribution in [0, 0.1) is 11.8 Å². The Labute approximate surface area is 373 Å². The molecule has 2 aliphatic rings. The summed E-state index contributed by atoms with van der Waals surface area (Å²) in [7, 11) is 1.96. The molecule has 0 aromatic carbocycles. The summed E-state index contributed by atoms with van der Waals surface area (Å²) in [5.41, 5.74) is 17.0. The number of amides is 8. The fraction of sp³-hybridized carbons (Fsp3) is 0.730. The highest BCUT2D eigenvalue weighted by molar-refractivity contribution is 8.76. The summed E-state index contributed by atoms with van der Waals surface area (Å²) in [6, 6.07) is -10.9. The van der Waals surface area contributed by atoms with Crippen molar-refractivity contribution in [1.82, 2.24) is 42.1 Å². The highest BCUT2D eigenvalue weighted by Crippen LogP contribution is 2.23.